The molecule has 1 heterocycles. The van der Waals surface area contributed by atoms with Gasteiger partial charge in [-0.2, -0.15) is 0 Å². The fraction of sp³-hybridized carbons (Fsp3) is 0.333. The zero-order valence-electron chi connectivity index (χ0n) is 16.3. The summed E-state index contributed by atoms with van der Waals surface area (Å²) < 4.78 is 34.6. The van der Waals surface area contributed by atoms with Gasteiger partial charge in [0.15, 0.2) is 9.84 Å². The van der Waals surface area contributed by atoms with Gasteiger partial charge in [-0.05, 0) is 24.6 Å². The third-order valence-electron chi connectivity index (χ3n) is 4.73. The van der Waals surface area contributed by atoms with Crippen LogP contribution in [0.15, 0.2) is 53.4 Å². The van der Waals surface area contributed by atoms with Gasteiger partial charge < -0.3 is 14.4 Å². The Morgan fingerprint density at radius 2 is 1.72 bits per heavy atom. The molecule has 0 unspecified atom stereocenters. The van der Waals surface area contributed by atoms with Crippen molar-refractivity contribution in [1.29, 1.82) is 0 Å². The SMILES string of the molecule is Cc1ccc(S(C)(=O)=O)cc1C(=O)O[C@@H](C(=O)N1CCOCC1)c1ccccc1. The first kappa shape index (κ1) is 21.0. The summed E-state index contributed by atoms with van der Waals surface area (Å²) in [6, 6.07) is 13.0. The van der Waals surface area contributed by atoms with Gasteiger partial charge in [0.05, 0.1) is 23.7 Å². The number of ether oxygens (including phenoxy) is 2. The molecule has 0 N–H and O–H groups in total. The summed E-state index contributed by atoms with van der Waals surface area (Å²) in [5, 5.41) is 0. The minimum atomic E-state index is -3.49. The van der Waals surface area contributed by atoms with Gasteiger partial charge in [-0.3, -0.25) is 4.79 Å². The third kappa shape index (κ3) is 5.02. The van der Waals surface area contributed by atoms with E-state index in [9.17, 15) is 18.0 Å². The van der Waals surface area contributed by atoms with Crippen LogP contribution in [-0.4, -0.2) is 57.8 Å². The maximum atomic E-state index is 13.1. The molecule has 29 heavy (non-hydrogen) atoms. The molecule has 0 aromatic heterocycles. The lowest BCUT2D eigenvalue weighted by molar-refractivity contribution is -0.145. The molecule has 1 aliphatic rings. The normalized spacial score (nSPS) is 15.6. The molecule has 1 fully saturated rings. The Kier molecular flexibility index (Phi) is 6.34. The third-order valence-corrected chi connectivity index (χ3v) is 5.84. The second-order valence-corrected chi connectivity index (χ2v) is 8.90. The largest absolute Gasteiger partial charge is 0.444 e. The summed E-state index contributed by atoms with van der Waals surface area (Å²) in [5.41, 5.74) is 1.23. The number of esters is 1. The molecule has 8 heteroatoms. The van der Waals surface area contributed by atoms with Gasteiger partial charge >= 0.3 is 5.97 Å². The number of sulfone groups is 1. The number of hydrogen-bond donors (Lipinski definition) is 0. The average Bonchev–Trinajstić information content (AvgIpc) is 2.72. The lowest BCUT2D eigenvalue weighted by Gasteiger charge is -2.30. The minimum absolute atomic E-state index is 0.0193. The molecule has 0 aliphatic carbocycles. The predicted octanol–water partition coefficient (Wildman–Crippen LogP) is 2.16. The van der Waals surface area contributed by atoms with Crippen molar-refractivity contribution in [2.24, 2.45) is 0 Å². The highest BCUT2D eigenvalue weighted by atomic mass is 32.2. The number of aryl methyl sites for hydroxylation is 1. The first-order chi connectivity index (χ1) is 13.8. The van der Waals surface area contributed by atoms with Gasteiger partial charge in [-0.25, -0.2) is 13.2 Å². The highest BCUT2D eigenvalue weighted by molar-refractivity contribution is 7.90. The van der Waals surface area contributed by atoms with Crippen LogP contribution in [0.25, 0.3) is 0 Å². The van der Waals surface area contributed by atoms with Crippen LogP contribution < -0.4 is 0 Å². The molecule has 1 aliphatic heterocycles. The van der Waals surface area contributed by atoms with Gasteiger partial charge in [0.25, 0.3) is 5.91 Å². The van der Waals surface area contributed by atoms with E-state index in [1.54, 1.807) is 48.2 Å². The van der Waals surface area contributed by atoms with Crippen molar-refractivity contribution in [2.75, 3.05) is 32.6 Å². The highest BCUT2D eigenvalue weighted by Gasteiger charge is 2.31. The van der Waals surface area contributed by atoms with Crippen LogP contribution in [0.1, 0.15) is 27.6 Å². The van der Waals surface area contributed by atoms with Crippen molar-refractivity contribution < 1.29 is 27.5 Å². The second-order valence-electron chi connectivity index (χ2n) is 6.88. The van der Waals surface area contributed by atoms with E-state index >= 15 is 0 Å². The fourth-order valence-corrected chi connectivity index (χ4v) is 3.71. The van der Waals surface area contributed by atoms with E-state index in [4.69, 9.17) is 9.47 Å². The molecule has 0 radical (unpaired) electrons. The van der Waals surface area contributed by atoms with Gasteiger partial charge in [-0.1, -0.05) is 36.4 Å². The summed E-state index contributed by atoms with van der Waals surface area (Å²) in [6.45, 7) is 3.38. The highest BCUT2D eigenvalue weighted by Crippen LogP contribution is 2.24. The zero-order chi connectivity index (χ0) is 21.0. The molecular formula is C21H23NO6S. The Morgan fingerprint density at radius 1 is 1.07 bits per heavy atom. The Hall–Kier alpha value is -2.71. The first-order valence-electron chi connectivity index (χ1n) is 9.20. The molecule has 2 aromatic carbocycles. The van der Waals surface area contributed by atoms with Gasteiger partial charge in [0.1, 0.15) is 0 Å². The number of amides is 1. The maximum Gasteiger partial charge on any atom is 0.339 e. The van der Waals surface area contributed by atoms with Crippen LogP contribution in [0.2, 0.25) is 0 Å². The fourth-order valence-electron chi connectivity index (χ4n) is 3.06. The molecule has 0 saturated carbocycles. The lowest BCUT2D eigenvalue weighted by Crippen LogP contribution is -2.44. The van der Waals surface area contributed by atoms with Gasteiger partial charge in [0, 0.05) is 24.9 Å². The predicted molar refractivity (Wildman–Crippen MR) is 106 cm³/mol. The molecule has 7 nitrogen and oxygen atoms in total. The Labute approximate surface area is 170 Å². The summed E-state index contributed by atoms with van der Waals surface area (Å²) in [6.07, 6.45) is -0.0512. The van der Waals surface area contributed by atoms with Crippen LogP contribution in [0.3, 0.4) is 0 Å². The van der Waals surface area contributed by atoms with E-state index in [0.717, 1.165) is 6.26 Å². The topological polar surface area (TPSA) is 90.0 Å². The van der Waals surface area contributed by atoms with E-state index in [1.807, 2.05) is 0 Å². The molecule has 3 rings (SSSR count). The summed E-state index contributed by atoms with van der Waals surface area (Å²) >= 11 is 0. The molecule has 1 amide bonds. The van der Waals surface area contributed by atoms with E-state index in [1.165, 1.54) is 12.1 Å². The smallest absolute Gasteiger partial charge is 0.339 e. The Morgan fingerprint density at radius 3 is 2.34 bits per heavy atom. The monoisotopic (exact) mass is 417 g/mol. The second kappa shape index (κ2) is 8.75. The standard InChI is InChI=1S/C21H23NO6S/c1-15-8-9-17(29(2,25)26)14-18(15)21(24)28-19(16-6-4-3-5-7-16)20(23)22-10-12-27-13-11-22/h3-9,14,19H,10-13H2,1-2H3/t19-/m1/s1. The molecule has 154 valence electrons. The van der Waals surface area contributed by atoms with Crippen LogP contribution in [0, 0.1) is 6.92 Å². The Bertz CT molecular complexity index is 997. The molecular weight excluding hydrogens is 394 g/mol. The van der Waals surface area contributed by atoms with Crippen molar-refractivity contribution in [3.8, 4) is 0 Å². The molecule has 0 bridgehead atoms. The van der Waals surface area contributed by atoms with Crippen molar-refractivity contribution >= 4 is 21.7 Å². The van der Waals surface area contributed by atoms with Crippen molar-refractivity contribution in [3.05, 3.63) is 65.2 Å². The van der Waals surface area contributed by atoms with E-state index < -0.39 is 21.9 Å². The number of carbonyl (C=O) groups excluding carboxylic acids is 2. The summed E-state index contributed by atoms with van der Waals surface area (Å²) in [7, 11) is -3.49. The van der Waals surface area contributed by atoms with Gasteiger partial charge in [0.2, 0.25) is 6.10 Å². The summed E-state index contributed by atoms with van der Waals surface area (Å²) in [4.78, 5) is 27.6. The number of nitrogens with zero attached hydrogens (tertiary/aromatic N) is 1. The zero-order valence-corrected chi connectivity index (χ0v) is 17.1. The lowest BCUT2D eigenvalue weighted by atomic mass is 10.1. The van der Waals surface area contributed by atoms with Crippen molar-refractivity contribution in [3.63, 3.8) is 0 Å². The van der Waals surface area contributed by atoms with Crippen LogP contribution in [-0.2, 0) is 24.1 Å². The van der Waals surface area contributed by atoms with E-state index in [2.05, 4.69) is 0 Å². The first-order valence-corrected chi connectivity index (χ1v) is 11.1. The van der Waals surface area contributed by atoms with Crippen molar-refractivity contribution in [2.45, 2.75) is 17.9 Å². The van der Waals surface area contributed by atoms with Crippen molar-refractivity contribution in [1.82, 2.24) is 4.90 Å². The maximum absolute atomic E-state index is 13.1. The molecule has 2 aromatic rings. The Balaban J connectivity index is 1.92. The molecule has 1 saturated heterocycles. The summed E-state index contributed by atoms with van der Waals surface area (Å²) in [5.74, 6) is -1.08. The number of carbonyl (C=O) groups is 2. The number of benzene rings is 2. The van der Waals surface area contributed by atoms with Crippen LogP contribution in [0.4, 0.5) is 0 Å². The number of rotatable bonds is 5. The van der Waals surface area contributed by atoms with Gasteiger partial charge in [-0.15, -0.1) is 0 Å². The van der Waals surface area contributed by atoms with Crippen LogP contribution in [0.5, 0.6) is 0 Å². The molecule has 1 atom stereocenters. The van der Waals surface area contributed by atoms with Crippen LogP contribution >= 0.6 is 0 Å². The average molecular weight is 417 g/mol. The van der Waals surface area contributed by atoms with E-state index in [-0.39, 0.29) is 16.4 Å². The number of hydrogen-bond acceptors (Lipinski definition) is 6. The minimum Gasteiger partial charge on any atom is -0.444 e. The molecule has 0 spiro atoms. The van der Waals surface area contributed by atoms with E-state index in [0.29, 0.717) is 37.4 Å². The number of morpholine rings is 1. The quantitative estimate of drug-likeness (QED) is 0.693.